The first-order valence-corrected chi connectivity index (χ1v) is 13.2. The number of phenols is 2. The first-order chi connectivity index (χ1) is 15.6. The van der Waals surface area contributed by atoms with Gasteiger partial charge in [-0.25, -0.2) is 0 Å². The van der Waals surface area contributed by atoms with Crippen LogP contribution in [0.1, 0.15) is 93.9 Å². The Morgan fingerprint density at radius 3 is 1.53 bits per heavy atom. The van der Waals surface area contributed by atoms with Gasteiger partial charge in [-0.3, -0.25) is 0 Å². The van der Waals surface area contributed by atoms with E-state index in [1.165, 1.54) is 43.2 Å². The zero-order chi connectivity index (χ0) is 22.3. The average Bonchev–Trinajstić information content (AvgIpc) is 2.78. The van der Waals surface area contributed by atoms with Gasteiger partial charge < -0.3 is 10.2 Å². The summed E-state index contributed by atoms with van der Waals surface area (Å²) in [5.74, 6) is 4.06. The molecule has 4 fully saturated rings. The summed E-state index contributed by atoms with van der Waals surface area (Å²) in [6.07, 6.45) is 13.2. The van der Waals surface area contributed by atoms with Gasteiger partial charge >= 0.3 is 0 Å². The lowest BCUT2D eigenvalue weighted by Crippen LogP contribution is -2.56. The van der Waals surface area contributed by atoms with Crippen LogP contribution in [0.5, 0.6) is 11.5 Å². The first kappa shape index (κ1) is 21.9. The molecular formula is C30H40O2. The molecule has 0 aliphatic heterocycles. The Morgan fingerprint density at radius 2 is 1.12 bits per heavy atom. The van der Waals surface area contributed by atoms with Crippen molar-refractivity contribution in [1.82, 2.24) is 0 Å². The molecule has 4 aliphatic carbocycles. The van der Waals surface area contributed by atoms with Crippen LogP contribution in [0.2, 0.25) is 0 Å². The fourth-order valence-corrected chi connectivity index (χ4v) is 7.86. The Balaban J connectivity index is 1.65. The summed E-state index contributed by atoms with van der Waals surface area (Å²) in [5.41, 5.74) is 5.09. The molecular weight excluding hydrogens is 392 g/mol. The average molecular weight is 433 g/mol. The summed E-state index contributed by atoms with van der Waals surface area (Å²) in [5, 5.41) is 21.2. The molecule has 2 aromatic carbocycles. The van der Waals surface area contributed by atoms with E-state index in [1.807, 2.05) is 12.1 Å². The molecule has 2 N–H and O–H groups in total. The quantitative estimate of drug-likeness (QED) is 0.453. The number of rotatable bonds is 8. The number of hydrogen-bond acceptors (Lipinski definition) is 2. The predicted molar refractivity (Wildman–Crippen MR) is 131 cm³/mol. The highest BCUT2D eigenvalue weighted by Gasteiger charge is 2.58. The van der Waals surface area contributed by atoms with Crippen LogP contribution in [0, 0.1) is 23.7 Å². The van der Waals surface area contributed by atoms with Crippen molar-refractivity contribution in [2.24, 2.45) is 23.7 Å². The molecule has 172 valence electrons. The van der Waals surface area contributed by atoms with Gasteiger partial charge in [-0.05, 0) is 116 Å². The molecule has 0 amide bonds. The van der Waals surface area contributed by atoms with Crippen molar-refractivity contribution in [3.8, 4) is 11.5 Å². The van der Waals surface area contributed by atoms with Crippen LogP contribution in [-0.4, -0.2) is 10.2 Å². The van der Waals surface area contributed by atoms with E-state index in [4.69, 9.17) is 0 Å². The van der Waals surface area contributed by atoms with E-state index in [-0.39, 0.29) is 5.41 Å². The van der Waals surface area contributed by atoms with Crippen LogP contribution in [0.4, 0.5) is 0 Å². The number of aromatic hydroxyl groups is 2. The Bertz CT molecular complexity index is 872. The van der Waals surface area contributed by atoms with E-state index in [0.717, 1.165) is 61.5 Å². The van der Waals surface area contributed by atoms with Crippen molar-refractivity contribution in [3.63, 3.8) is 0 Å². The molecule has 4 saturated carbocycles. The number of benzene rings is 2. The van der Waals surface area contributed by atoms with Crippen LogP contribution in [0.15, 0.2) is 36.4 Å². The fourth-order valence-electron chi connectivity index (χ4n) is 7.86. The number of phenolic OH excluding ortho intramolecular Hbond substituents is 2. The summed E-state index contributed by atoms with van der Waals surface area (Å²) in [6.45, 7) is 4.43. The summed E-state index contributed by atoms with van der Waals surface area (Å²) in [6, 6.07) is 13.1. The SMILES string of the molecule is CCCCc1cc(C2(c3ccc(O)c(CCCC)c3)C3CC4CC(C3)CC2C4)ccc1O. The second-order valence-corrected chi connectivity index (χ2v) is 11.1. The van der Waals surface area contributed by atoms with Gasteiger partial charge in [0, 0.05) is 5.41 Å². The van der Waals surface area contributed by atoms with E-state index in [9.17, 15) is 10.2 Å². The van der Waals surface area contributed by atoms with E-state index in [1.54, 1.807) is 0 Å². The van der Waals surface area contributed by atoms with Crippen molar-refractivity contribution in [1.29, 1.82) is 0 Å². The zero-order valence-electron chi connectivity index (χ0n) is 19.9. The molecule has 0 aromatic heterocycles. The summed E-state index contributed by atoms with van der Waals surface area (Å²) in [4.78, 5) is 0. The molecule has 0 heterocycles. The lowest BCUT2D eigenvalue weighted by molar-refractivity contribution is -0.0419. The highest BCUT2D eigenvalue weighted by Crippen LogP contribution is 2.65. The third-order valence-electron chi connectivity index (χ3n) is 9.14. The van der Waals surface area contributed by atoms with Crippen LogP contribution >= 0.6 is 0 Å². The Hall–Kier alpha value is -1.96. The smallest absolute Gasteiger partial charge is 0.118 e. The van der Waals surface area contributed by atoms with Crippen molar-refractivity contribution >= 4 is 0 Å². The summed E-state index contributed by atoms with van der Waals surface area (Å²) >= 11 is 0. The molecule has 0 atom stereocenters. The van der Waals surface area contributed by atoms with E-state index in [0.29, 0.717) is 23.3 Å². The van der Waals surface area contributed by atoms with E-state index >= 15 is 0 Å². The zero-order valence-corrected chi connectivity index (χ0v) is 19.9. The highest BCUT2D eigenvalue weighted by atomic mass is 16.3. The Kier molecular flexibility index (Phi) is 5.99. The van der Waals surface area contributed by atoms with Crippen molar-refractivity contribution in [2.45, 2.75) is 89.9 Å². The molecule has 0 radical (unpaired) electrons. The summed E-state index contributed by atoms with van der Waals surface area (Å²) in [7, 11) is 0. The maximum atomic E-state index is 10.6. The van der Waals surface area contributed by atoms with E-state index in [2.05, 4.69) is 38.1 Å². The predicted octanol–water partition coefficient (Wildman–Crippen LogP) is 7.53. The second-order valence-electron chi connectivity index (χ2n) is 11.1. The maximum absolute atomic E-state index is 10.6. The molecule has 0 spiro atoms. The van der Waals surface area contributed by atoms with Gasteiger partial charge in [0.15, 0.2) is 0 Å². The van der Waals surface area contributed by atoms with E-state index < -0.39 is 0 Å². The third-order valence-corrected chi connectivity index (χ3v) is 9.14. The maximum Gasteiger partial charge on any atom is 0.118 e. The van der Waals surface area contributed by atoms with Gasteiger partial charge in [-0.15, -0.1) is 0 Å². The molecule has 0 unspecified atom stereocenters. The normalized spacial score (nSPS) is 27.7. The van der Waals surface area contributed by atoms with Crippen LogP contribution < -0.4 is 0 Å². The molecule has 4 aliphatic rings. The Labute approximate surface area is 194 Å². The Morgan fingerprint density at radius 1 is 0.688 bits per heavy atom. The van der Waals surface area contributed by atoms with Crippen LogP contribution in [-0.2, 0) is 18.3 Å². The number of hydrogen-bond donors (Lipinski definition) is 2. The molecule has 2 heteroatoms. The lowest BCUT2D eigenvalue weighted by atomic mass is 9.42. The third kappa shape index (κ3) is 3.55. The standard InChI is InChI=1S/C30H40O2/c1-3-5-7-22-18-24(9-11-28(22)31)30(25-10-12-29(32)23(19-25)8-6-4-2)26-14-20-13-21(16-26)17-27(30)15-20/h9-12,18-21,26-27,31-32H,3-8,13-17H2,1-2H3. The molecule has 6 rings (SSSR count). The van der Waals surface area contributed by atoms with Gasteiger partial charge in [-0.2, -0.15) is 0 Å². The lowest BCUT2D eigenvalue weighted by Gasteiger charge is -2.62. The number of unbranched alkanes of at least 4 members (excludes halogenated alkanes) is 2. The van der Waals surface area contributed by atoms with Crippen LogP contribution in [0.25, 0.3) is 0 Å². The van der Waals surface area contributed by atoms with Gasteiger partial charge in [0.05, 0.1) is 0 Å². The highest BCUT2D eigenvalue weighted by molar-refractivity contribution is 5.51. The van der Waals surface area contributed by atoms with Crippen molar-refractivity contribution < 1.29 is 10.2 Å². The topological polar surface area (TPSA) is 40.5 Å². The van der Waals surface area contributed by atoms with Gasteiger partial charge in [0.1, 0.15) is 11.5 Å². The molecule has 0 saturated heterocycles. The molecule has 2 aromatic rings. The first-order valence-electron chi connectivity index (χ1n) is 13.2. The largest absolute Gasteiger partial charge is 0.508 e. The number of aryl methyl sites for hydroxylation is 2. The molecule has 2 nitrogen and oxygen atoms in total. The van der Waals surface area contributed by atoms with Crippen LogP contribution in [0.3, 0.4) is 0 Å². The second kappa shape index (κ2) is 8.76. The van der Waals surface area contributed by atoms with Crippen molar-refractivity contribution in [3.05, 3.63) is 58.7 Å². The summed E-state index contributed by atoms with van der Waals surface area (Å²) < 4.78 is 0. The minimum Gasteiger partial charge on any atom is -0.508 e. The fraction of sp³-hybridized carbons (Fsp3) is 0.600. The van der Waals surface area contributed by atoms with Crippen molar-refractivity contribution in [2.75, 3.05) is 0 Å². The van der Waals surface area contributed by atoms with Gasteiger partial charge in [0.25, 0.3) is 0 Å². The monoisotopic (exact) mass is 432 g/mol. The molecule has 32 heavy (non-hydrogen) atoms. The van der Waals surface area contributed by atoms with Gasteiger partial charge in [-0.1, -0.05) is 51.0 Å². The van der Waals surface area contributed by atoms with Gasteiger partial charge in [0.2, 0.25) is 0 Å². The molecule has 4 bridgehead atoms. The minimum absolute atomic E-state index is 0.0246. The minimum atomic E-state index is 0.0246.